The number of para-hydroxylation sites is 2. The third-order valence-corrected chi connectivity index (χ3v) is 4.01. The van der Waals surface area contributed by atoms with E-state index in [2.05, 4.69) is 10.6 Å². The highest BCUT2D eigenvalue weighted by molar-refractivity contribution is 6.16. The first-order chi connectivity index (χ1) is 13.7. The number of phenols is 1. The van der Waals surface area contributed by atoms with E-state index in [0.29, 0.717) is 4.90 Å². The highest BCUT2D eigenvalue weighted by atomic mass is 19.4. The van der Waals surface area contributed by atoms with Gasteiger partial charge in [-0.1, -0.05) is 30.3 Å². The van der Waals surface area contributed by atoms with Gasteiger partial charge in [-0.3, -0.25) is 9.59 Å². The van der Waals surface area contributed by atoms with Crippen LogP contribution in [-0.2, 0) is 15.8 Å². The van der Waals surface area contributed by atoms with Crippen LogP contribution in [0.25, 0.3) is 6.08 Å². The van der Waals surface area contributed by atoms with Crippen LogP contribution in [0.4, 0.5) is 23.7 Å². The van der Waals surface area contributed by atoms with Crippen molar-refractivity contribution in [3.63, 3.8) is 0 Å². The van der Waals surface area contributed by atoms with Gasteiger partial charge in [0, 0.05) is 5.56 Å². The summed E-state index contributed by atoms with van der Waals surface area (Å²) in [5.74, 6) is -1.95. The molecule has 0 atom stereocenters. The molecular weight excluding hydrogens is 391 g/mol. The summed E-state index contributed by atoms with van der Waals surface area (Å²) in [4.78, 5) is 37.1. The minimum Gasteiger partial charge on any atom is -0.507 e. The standard InChI is InChI=1S/C19H14F3N3O4/c20-19(21,22)12-6-2-3-7-13(12)23-16(27)10-25-17(28)14(24-18(25)29)9-11-5-1-4-8-15(11)26/h1-9,26H,10H2,(H,23,27)(H,24,29)/b14-9-. The number of carbonyl (C=O) groups is 3. The Morgan fingerprint density at radius 1 is 1.10 bits per heavy atom. The van der Waals surface area contributed by atoms with Crippen LogP contribution >= 0.6 is 0 Å². The van der Waals surface area contributed by atoms with E-state index in [1.807, 2.05) is 0 Å². The Morgan fingerprint density at radius 3 is 2.45 bits per heavy atom. The molecule has 2 aromatic carbocycles. The Hall–Kier alpha value is -3.82. The van der Waals surface area contributed by atoms with Crippen LogP contribution in [0.3, 0.4) is 0 Å². The number of nitrogens with one attached hydrogen (secondary N) is 2. The fourth-order valence-electron chi connectivity index (χ4n) is 2.65. The average molecular weight is 405 g/mol. The minimum atomic E-state index is -4.68. The molecule has 0 unspecified atom stereocenters. The van der Waals surface area contributed by atoms with Crippen molar-refractivity contribution in [1.29, 1.82) is 0 Å². The van der Waals surface area contributed by atoms with E-state index in [1.165, 1.54) is 30.3 Å². The maximum absolute atomic E-state index is 13.0. The van der Waals surface area contributed by atoms with E-state index in [1.54, 1.807) is 12.1 Å². The van der Waals surface area contributed by atoms with Crippen LogP contribution in [0.5, 0.6) is 5.75 Å². The molecule has 2 aromatic rings. The molecule has 3 rings (SSSR count). The van der Waals surface area contributed by atoms with Gasteiger partial charge >= 0.3 is 12.2 Å². The quantitative estimate of drug-likeness (QED) is 0.538. The zero-order chi connectivity index (χ0) is 21.2. The second kappa shape index (κ2) is 7.66. The normalized spacial score (nSPS) is 15.6. The Bertz CT molecular complexity index is 1020. The van der Waals surface area contributed by atoms with Gasteiger partial charge in [0.25, 0.3) is 5.91 Å². The Balaban J connectivity index is 1.74. The summed E-state index contributed by atoms with van der Waals surface area (Å²) in [6.45, 7) is -0.783. The molecule has 0 radical (unpaired) electrons. The zero-order valence-corrected chi connectivity index (χ0v) is 14.7. The molecule has 0 aliphatic carbocycles. The zero-order valence-electron chi connectivity index (χ0n) is 14.7. The molecule has 0 aromatic heterocycles. The first-order valence-electron chi connectivity index (χ1n) is 8.25. The van der Waals surface area contributed by atoms with E-state index in [-0.39, 0.29) is 17.0 Å². The SMILES string of the molecule is O=C(CN1C(=O)N/C(=C\c2ccccc2O)C1=O)Nc1ccccc1C(F)(F)F. The number of aromatic hydroxyl groups is 1. The molecular formula is C19H14F3N3O4. The molecule has 1 aliphatic heterocycles. The van der Waals surface area contributed by atoms with E-state index >= 15 is 0 Å². The largest absolute Gasteiger partial charge is 0.507 e. The van der Waals surface area contributed by atoms with Crippen molar-refractivity contribution in [3.05, 3.63) is 65.4 Å². The lowest BCUT2D eigenvalue weighted by Gasteiger charge is -2.15. The summed E-state index contributed by atoms with van der Waals surface area (Å²) >= 11 is 0. The van der Waals surface area contributed by atoms with Gasteiger partial charge in [0.1, 0.15) is 18.0 Å². The van der Waals surface area contributed by atoms with Crippen LogP contribution in [0.2, 0.25) is 0 Å². The van der Waals surface area contributed by atoms with Crippen molar-refractivity contribution in [2.24, 2.45) is 0 Å². The van der Waals surface area contributed by atoms with Crippen molar-refractivity contribution in [1.82, 2.24) is 10.2 Å². The van der Waals surface area contributed by atoms with Gasteiger partial charge in [0.05, 0.1) is 11.3 Å². The summed E-state index contributed by atoms with van der Waals surface area (Å²) in [5, 5.41) is 14.1. The van der Waals surface area contributed by atoms with Crippen molar-refractivity contribution >= 4 is 29.6 Å². The fourth-order valence-corrected chi connectivity index (χ4v) is 2.65. The van der Waals surface area contributed by atoms with Crippen LogP contribution in [0, 0.1) is 0 Å². The number of carbonyl (C=O) groups excluding carboxylic acids is 3. The van der Waals surface area contributed by atoms with Gasteiger partial charge in [0.2, 0.25) is 5.91 Å². The second-order valence-corrected chi connectivity index (χ2v) is 6.03. The van der Waals surface area contributed by atoms with Gasteiger partial charge in [-0.05, 0) is 24.3 Å². The van der Waals surface area contributed by atoms with E-state index in [4.69, 9.17) is 0 Å². The van der Waals surface area contributed by atoms with Crippen molar-refractivity contribution in [2.45, 2.75) is 6.18 Å². The molecule has 0 saturated carbocycles. The average Bonchev–Trinajstić information content (AvgIpc) is 2.90. The van der Waals surface area contributed by atoms with E-state index in [0.717, 1.165) is 12.1 Å². The first kappa shape index (κ1) is 19.9. The topological polar surface area (TPSA) is 98.7 Å². The van der Waals surface area contributed by atoms with Crippen LogP contribution < -0.4 is 10.6 Å². The van der Waals surface area contributed by atoms with Crippen LogP contribution in [-0.4, -0.2) is 34.4 Å². The second-order valence-electron chi connectivity index (χ2n) is 6.03. The Kier molecular flexibility index (Phi) is 5.26. The molecule has 10 heteroatoms. The Morgan fingerprint density at radius 2 is 1.76 bits per heavy atom. The molecule has 1 aliphatic rings. The van der Waals surface area contributed by atoms with Gasteiger partial charge in [0.15, 0.2) is 0 Å². The highest BCUT2D eigenvalue weighted by Gasteiger charge is 2.36. The predicted molar refractivity (Wildman–Crippen MR) is 96.4 cm³/mol. The molecule has 1 fully saturated rings. The molecule has 1 heterocycles. The number of imide groups is 1. The number of hydrogen-bond acceptors (Lipinski definition) is 4. The molecule has 4 amide bonds. The third-order valence-electron chi connectivity index (χ3n) is 4.01. The minimum absolute atomic E-state index is 0.123. The van der Waals surface area contributed by atoms with Crippen LogP contribution in [0.1, 0.15) is 11.1 Å². The monoisotopic (exact) mass is 405 g/mol. The molecule has 0 bridgehead atoms. The van der Waals surface area contributed by atoms with Crippen molar-refractivity contribution in [2.75, 3.05) is 11.9 Å². The van der Waals surface area contributed by atoms with Crippen molar-refractivity contribution in [3.8, 4) is 5.75 Å². The third kappa shape index (κ3) is 4.37. The molecule has 1 saturated heterocycles. The number of rotatable bonds is 4. The summed E-state index contributed by atoms with van der Waals surface area (Å²) in [6, 6.07) is 9.52. The number of halogens is 3. The number of amides is 4. The smallest absolute Gasteiger partial charge is 0.418 e. The molecule has 0 spiro atoms. The Labute approximate surface area is 162 Å². The number of hydrogen-bond donors (Lipinski definition) is 3. The number of phenolic OH excluding ortho intramolecular Hbond substituents is 1. The highest BCUT2D eigenvalue weighted by Crippen LogP contribution is 2.34. The van der Waals surface area contributed by atoms with Gasteiger partial charge in [-0.2, -0.15) is 13.2 Å². The number of benzene rings is 2. The lowest BCUT2D eigenvalue weighted by molar-refractivity contribution is -0.137. The number of anilines is 1. The predicted octanol–water partition coefficient (Wildman–Crippen LogP) is 2.94. The lowest BCUT2D eigenvalue weighted by atomic mass is 10.1. The summed E-state index contributed by atoms with van der Waals surface area (Å²) in [6.07, 6.45) is -3.45. The van der Waals surface area contributed by atoms with E-state index in [9.17, 15) is 32.7 Å². The van der Waals surface area contributed by atoms with Gasteiger partial charge in [-0.25, -0.2) is 9.69 Å². The van der Waals surface area contributed by atoms with Gasteiger partial charge in [-0.15, -0.1) is 0 Å². The maximum atomic E-state index is 13.0. The molecule has 150 valence electrons. The summed E-state index contributed by atoms with van der Waals surface area (Å²) in [7, 11) is 0. The summed E-state index contributed by atoms with van der Waals surface area (Å²) < 4.78 is 39.0. The first-order valence-corrected chi connectivity index (χ1v) is 8.25. The van der Waals surface area contributed by atoms with Crippen molar-refractivity contribution < 1.29 is 32.7 Å². The number of alkyl halides is 3. The summed E-state index contributed by atoms with van der Waals surface area (Å²) in [5.41, 5.74) is -1.45. The van der Waals surface area contributed by atoms with Gasteiger partial charge < -0.3 is 15.7 Å². The molecule has 29 heavy (non-hydrogen) atoms. The number of nitrogens with zero attached hydrogens (tertiary/aromatic N) is 1. The fraction of sp³-hybridized carbons (Fsp3) is 0.105. The molecule has 3 N–H and O–H groups in total. The number of urea groups is 1. The maximum Gasteiger partial charge on any atom is 0.418 e. The van der Waals surface area contributed by atoms with E-state index < -0.39 is 41.8 Å². The van der Waals surface area contributed by atoms with Crippen LogP contribution in [0.15, 0.2) is 54.2 Å². The lowest BCUT2D eigenvalue weighted by Crippen LogP contribution is -2.38. The molecule has 7 nitrogen and oxygen atoms in total.